The van der Waals surface area contributed by atoms with Gasteiger partial charge in [-0.05, 0) is 6.92 Å². The van der Waals surface area contributed by atoms with E-state index in [1.54, 1.807) is 36.0 Å². The number of urea groups is 1. The van der Waals surface area contributed by atoms with Crippen molar-refractivity contribution in [3.63, 3.8) is 0 Å². The smallest absolute Gasteiger partial charge is 0.319 e. The van der Waals surface area contributed by atoms with Gasteiger partial charge in [0.05, 0.1) is 0 Å². The van der Waals surface area contributed by atoms with E-state index in [0.29, 0.717) is 31.7 Å². The van der Waals surface area contributed by atoms with E-state index in [9.17, 15) is 14.4 Å². The number of hydrogen-bond donors (Lipinski definition) is 0. The summed E-state index contributed by atoms with van der Waals surface area (Å²) in [5.41, 5.74) is 1.75. The number of ketones is 1. The van der Waals surface area contributed by atoms with Crippen molar-refractivity contribution in [3.05, 3.63) is 35.4 Å². The van der Waals surface area contributed by atoms with Gasteiger partial charge >= 0.3 is 6.03 Å². The Morgan fingerprint density at radius 1 is 0.917 bits per heavy atom. The van der Waals surface area contributed by atoms with Crippen molar-refractivity contribution in [2.24, 2.45) is 0 Å². The molecule has 0 saturated carbocycles. The van der Waals surface area contributed by atoms with Crippen LogP contribution in [0.15, 0.2) is 24.3 Å². The molecule has 1 saturated heterocycles. The maximum absolute atomic E-state index is 12.3. The Morgan fingerprint density at radius 3 is 2.00 bits per heavy atom. The van der Waals surface area contributed by atoms with Crippen molar-refractivity contribution in [1.29, 1.82) is 0 Å². The van der Waals surface area contributed by atoms with Gasteiger partial charge in [0.1, 0.15) is 0 Å². The number of carbonyl (C=O) groups excluding carboxylic acids is 3. The Bertz CT molecular complexity index is 602. The fraction of sp³-hybridized carbons (Fsp3) is 0.500. The summed E-state index contributed by atoms with van der Waals surface area (Å²) in [7, 11) is 3.44. The maximum Gasteiger partial charge on any atom is 0.319 e. The average molecular weight is 331 g/mol. The Kier molecular flexibility index (Phi) is 5.95. The lowest BCUT2D eigenvalue weighted by atomic mass is 10.0. The van der Waals surface area contributed by atoms with Crippen LogP contribution in [0.2, 0.25) is 0 Å². The second kappa shape index (κ2) is 7.95. The zero-order chi connectivity index (χ0) is 17.7. The fourth-order valence-corrected chi connectivity index (χ4v) is 2.69. The Labute approximate surface area is 143 Å². The largest absolute Gasteiger partial charge is 0.339 e. The summed E-state index contributed by atoms with van der Waals surface area (Å²) in [6.07, 6.45) is 0.438. The SMILES string of the molecule is Cc1ccc(C(=O)CCC(=O)N2CCN(C(=O)N(C)C)CC2)cc1. The Morgan fingerprint density at radius 2 is 1.46 bits per heavy atom. The van der Waals surface area contributed by atoms with Gasteiger partial charge in [0.2, 0.25) is 5.91 Å². The molecule has 0 radical (unpaired) electrons. The zero-order valence-electron chi connectivity index (χ0n) is 14.6. The second-order valence-electron chi connectivity index (χ2n) is 6.33. The molecule has 3 amide bonds. The molecule has 2 rings (SSSR count). The number of Topliss-reactive ketones (excluding diaryl/α,β-unsaturated/α-hetero) is 1. The first kappa shape index (κ1) is 18.0. The van der Waals surface area contributed by atoms with E-state index in [1.165, 1.54) is 4.90 Å². The van der Waals surface area contributed by atoms with E-state index >= 15 is 0 Å². The van der Waals surface area contributed by atoms with Crippen molar-refractivity contribution >= 4 is 17.7 Å². The zero-order valence-corrected chi connectivity index (χ0v) is 14.6. The molecule has 6 heteroatoms. The van der Waals surface area contributed by atoms with Gasteiger partial charge in [-0.2, -0.15) is 0 Å². The Hall–Kier alpha value is -2.37. The van der Waals surface area contributed by atoms with Crippen LogP contribution in [0.5, 0.6) is 0 Å². The van der Waals surface area contributed by atoms with Gasteiger partial charge in [-0.25, -0.2) is 4.79 Å². The standard InChI is InChI=1S/C18H25N3O3/c1-14-4-6-15(7-5-14)16(22)8-9-17(23)20-10-12-21(13-11-20)18(24)19(2)3/h4-7H,8-13H2,1-3H3. The van der Waals surface area contributed by atoms with E-state index in [-0.39, 0.29) is 30.6 Å². The van der Waals surface area contributed by atoms with Crippen LogP contribution in [0.3, 0.4) is 0 Å². The summed E-state index contributed by atoms with van der Waals surface area (Å²) in [6, 6.07) is 7.37. The highest BCUT2D eigenvalue weighted by Gasteiger charge is 2.25. The molecular formula is C18H25N3O3. The molecule has 0 unspecified atom stereocenters. The van der Waals surface area contributed by atoms with E-state index in [0.717, 1.165) is 5.56 Å². The van der Waals surface area contributed by atoms with Crippen molar-refractivity contribution in [1.82, 2.24) is 14.7 Å². The van der Waals surface area contributed by atoms with Crippen LogP contribution in [0, 0.1) is 6.92 Å². The molecule has 1 aromatic carbocycles. The van der Waals surface area contributed by atoms with Crippen molar-refractivity contribution in [2.75, 3.05) is 40.3 Å². The van der Waals surface area contributed by atoms with Crippen LogP contribution in [0.1, 0.15) is 28.8 Å². The predicted molar refractivity (Wildman–Crippen MR) is 92.0 cm³/mol. The molecule has 0 aliphatic carbocycles. The van der Waals surface area contributed by atoms with Gasteiger partial charge < -0.3 is 14.7 Å². The summed E-state index contributed by atoms with van der Waals surface area (Å²) < 4.78 is 0. The summed E-state index contributed by atoms with van der Waals surface area (Å²) >= 11 is 0. The van der Waals surface area contributed by atoms with Crippen LogP contribution in [0.4, 0.5) is 4.79 Å². The lowest BCUT2D eigenvalue weighted by molar-refractivity contribution is -0.132. The molecule has 0 N–H and O–H groups in total. The number of amides is 3. The summed E-state index contributed by atoms with van der Waals surface area (Å²) in [5, 5.41) is 0. The number of benzene rings is 1. The van der Waals surface area contributed by atoms with E-state index in [4.69, 9.17) is 0 Å². The van der Waals surface area contributed by atoms with Gasteiger partial charge in [-0.15, -0.1) is 0 Å². The third kappa shape index (κ3) is 4.57. The summed E-state index contributed by atoms with van der Waals surface area (Å²) in [4.78, 5) is 41.3. The maximum atomic E-state index is 12.3. The highest BCUT2D eigenvalue weighted by Crippen LogP contribution is 2.11. The molecule has 0 spiro atoms. The molecule has 6 nitrogen and oxygen atoms in total. The first-order chi connectivity index (χ1) is 11.4. The minimum atomic E-state index is -0.0309. The summed E-state index contributed by atoms with van der Waals surface area (Å²) in [5.74, 6) is -0.0304. The van der Waals surface area contributed by atoms with Gasteiger partial charge in [-0.1, -0.05) is 29.8 Å². The first-order valence-corrected chi connectivity index (χ1v) is 8.22. The average Bonchev–Trinajstić information content (AvgIpc) is 2.59. The van der Waals surface area contributed by atoms with Crippen LogP contribution < -0.4 is 0 Å². The highest BCUT2D eigenvalue weighted by atomic mass is 16.2. The van der Waals surface area contributed by atoms with Gasteiger partial charge in [0.15, 0.2) is 5.78 Å². The number of aryl methyl sites for hydroxylation is 1. The number of piperazine rings is 1. The molecule has 0 bridgehead atoms. The van der Waals surface area contributed by atoms with Crippen molar-refractivity contribution in [2.45, 2.75) is 19.8 Å². The number of rotatable bonds is 4. The minimum absolute atomic E-state index is 0.00947. The molecule has 1 heterocycles. The second-order valence-corrected chi connectivity index (χ2v) is 6.33. The van der Waals surface area contributed by atoms with Gasteiger partial charge in [0, 0.05) is 58.7 Å². The lowest BCUT2D eigenvalue weighted by Crippen LogP contribution is -2.52. The normalized spacial score (nSPS) is 14.5. The molecule has 1 aliphatic heterocycles. The van der Waals surface area contributed by atoms with Gasteiger partial charge in [0.25, 0.3) is 0 Å². The van der Waals surface area contributed by atoms with Crippen LogP contribution in [0.25, 0.3) is 0 Å². The number of carbonyl (C=O) groups is 3. The lowest BCUT2D eigenvalue weighted by Gasteiger charge is -2.36. The molecule has 1 aromatic rings. The fourth-order valence-electron chi connectivity index (χ4n) is 2.69. The van der Waals surface area contributed by atoms with E-state index in [2.05, 4.69) is 0 Å². The van der Waals surface area contributed by atoms with E-state index < -0.39 is 0 Å². The van der Waals surface area contributed by atoms with Crippen molar-refractivity contribution in [3.8, 4) is 0 Å². The molecule has 0 atom stereocenters. The minimum Gasteiger partial charge on any atom is -0.339 e. The van der Waals surface area contributed by atoms with Crippen LogP contribution in [-0.4, -0.2) is 72.7 Å². The van der Waals surface area contributed by atoms with E-state index in [1.807, 2.05) is 19.1 Å². The summed E-state index contributed by atoms with van der Waals surface area (Å²) in [6.45, 7) is 4.09. The van der Waals surface area contributed by atoms with Crippen LogP contribution in [-0.2, 0) is 4.79 Å². The van der Waals surface area contributed by atoms with Crippen LogP contribution >= 0.6 is 0 Å². The molecule has 130 valence electrons. The molecular weight excluding hydrogens is 306 g/mol. The third-order valence-corrected chi connectivity index (χ3v) is 4.22. The topological polar surface area (TPSA) is 60.9 Å². The predicted octanol–water partition coefficient (Wildman–Crippen LogP) is 1.78. The van der Waals surface area contributed by atoms with Gasteiger partial charge in [-0.3, -0.25) is 9.59 Å². The third-order valence-electron chi connectivity index (χ3n) is 4.22. The number of nitrogens with zero attached hydrogens (tertiary/aromatic N) is 3. The van der Waals surface area contributed by atoms with Crippen molar-refractivity contribution < 1.29 is 14.4 Å². The molecule has 1 fully saturated rings. The Balaban J connectivity index is 1.78. The monoisotopic (exact) mass is 331 g/mol. The quantitative estimate of drug-likeness (QED) is 0.790. The molecule has 0 aromatic heterocycles. The highest BCUT2D eigenvalue weighted by molar-refractivity contribution is 5.98. The number of hydrogen-bond acceptors (Lipinski definition) is 3. The molecule has 1 aliphatic rings. The molecule has 24 heavy (non-hydrogen) atoms. The first-order valence-electron chi connectivity index (χ1n) is 8.22.